The van der Waals surface area contributed by atoms with Crippen molar-refractivity contribution in [1.82, 2.24) is 4.90 Å². The Morgan fingerprint density at radius 1 is 0.949 bits per heavy atom. The number of para-hydroxylation sites is 1. The van der Waals surface area contributed by atoms with Gasteiger partial charge in [0.2, 0.25) is 0 Å². The van der Waals surface area contributed by atoms with Crippen molar-refractivity contribution in [2.75, 3.05) is 13.1 Å². The standard InChI is InChI=1S/C32H34FNO5/c1-20-15-23(16-21(2)30(20)39-32(4,5)22(3)35)17-25-18-34(31(37)38-27-9-7-6-8-10-27)19-28(25)29(36)24-11-13-26(33)14-12-24/h6-16,25,28H,17-19H2,1-5H3/t25-,28-/m0/s1. The maximum absolute atomic E-state index is 13.5. The number of rotatable bonds is 8. The van der Waals surface area contributed by atoms with Crippen molar-refractivity contribution in [3.63, 3.8) is 0 Å². The lowest BCUT2D eigenvalue weighted by Crippen LogP contribution is -2.36. The average Bonchev–Trinajstić information content (AvgIpc) is 3.30. The molecule has 7 heteroatoms. The molecule has 1 fully saturated rings. The number of carbonyl (C=O) groups excluding carboxylic acids is 3. The first kappa shape index (κ1) is 28.0. The second kappa shape index (κ2) is 11.4. The monoisotopic (exact) mass is 531 g/mol. The van der Waals surface area contributed by atoms with Crippen LogP contribution in [-0.2, 0) is 11.2 Å². The van der Waals surface area contributed by atoms with Gasteiger partial charge >= 0.3 is 6.09 Å². The third-order valence-corrected chi connectivity index (χ3v) is 7.34. The Hall–Kier alpha value is -4.00. The lowest BCUT2D eigenvalue weighted by Gasteiger charge is -2.26. The smallest absolute Gasteiger partial charge is 0.415 e. The summed E-state index contributed by atoms with van der Waals surface area (Å²) in [7, 11) is 0. The minimum absolute atomic E-state index is 0.0686. The predicted molar refractivity (Wildman–Crippen MR) is 147 cm³/mol. The number of ether oxygens (including phenoxy) is 2. The van der Waals surface area contributed by atoms with Crippen LogP contribution in [0.3, 0.4) is 0 Å². The Morgan fingerprint density at radius 3 is 2.15 bits per heavy atom. The summed E-state index contributed by atoms with van der Waals surface area (Å²) in [4.78, 5) is 40.1. The van der Waals surface area contributed by atoms with E-state index in [9.17, 15) is 18.8 Å². The van der Waals surface area contributed by atoms with Crippen LogP contribution in [0.25, 0.3) is 0 Å². The van der Waals surface area contributed by atoms with Crippen molar-refractivity contribution >= 4 is 17.7 Å². The van der Waals surface area contributed by atoms with Gasteiger partial charge in [0, 0.05) is 24.6 Å². The third kappa shape index (κ3) is 6.53. The molecule has 0 N–H and O–H groups in total. The minimum atomic E-state index is -0.950. The van der Waals surface area contributed by atoms with E-state index in [0.717, 1.165) is 16.7 Å². The predicted octanol–water partition coefficient (Wildman–Crippen LogP) is 6.36. The number of nitrogens with zero attached hydrogens (tertiary/aromatic N) is 1. The zero-order valence-electron chi connectivity index (χ0n) is 23.0. The molecule has 4 rings (SSSR count). The molecule has 0 radical (unpaired) electrons. The summed E-state index contributed by atoms with van der Waals surface area (Å²) in [5.41, 5.74) is 2.23. The first-order chi connectivity index (χ1) is 18.4. The molecular weight excluding hydrogens is 497 g/mol. The molecule has 204 valence electrons. The van der Waals surface area contributed by atoms with E-state index in [4.69, 9.17) is 9.47 Å². The molecule has 2 atom stereocenters. The van der Waals surface area contributed by atoms with Gasteiger partial charge < -0.3 is 14.4 Å². The molecule has 0 unspecified atom stereocenters. The summed E-state index contributed by atoms with van der Waals surface area (Å²) in [6, 6.07) is 18.3. The summed E-state index contributed by atoms with van der Waals surface area (Å²) in [5, 5.41) is 0. The molecule has 0 bridgehead atoms. The van der Waals surface area contributed by atoms with Crippen LogP contribution in [-0.4, -0.2) is 41.3 Å². The van der Waals surface area contributed by atoms with E-state index in [1.165, 1.54) is 31.2 Å². The van der Waals surface area contributed by atoms with Gasteiger partial charge in [0.25, 0.3) is 0 Å². The van der Waals surface area contributed by atoms with Crippen LogP contribution in [0.1, 0.15) is 47.8 Å². The molecule has 0 saturated carbocycles. The van der Waals surface area contributed by atoms with E-state index < -0.39 is 23.4 Å². The topological polar surface area (TPSA) is 72.9 Å². The molecule has 39 heavy (non-hydrogen) atoms. The fourth-order valence-electron chi connectivity index (χ4n) is 4.95. The van der Waals surface area contributed by atoms with E-state index in [1.807, 2.05) is 32.0 Å². The van der Waals surface area contributed by atoms with Crippen LogP contribution in [0, 0.1) is 31.5 Å². The van der Waals surface area contributed by atoms with E-state index in [-0.39, 0.29) is 24.0 Å². The van der Waals surface area contributed by atoms with Crippen molar-refractivity contribution in [2.45, 2.75) is 46.6 Å². The Morgan fingerprint density at radius 2 is 1.56 bits per heavy atom. The van der Waals surface area contributed by atoms with Gasteiger partial charge in [-0.05, 0) is 100 Å². The summed E-state index contributed by atoms with van der Waals surface area (Å²) in [5.74, 6) is -0.173. The largest absolute Gasteiger partial charge is 0.480 e. The van der Waals surface area contributed by atoms with Gasteiger partial charge in [0.1, 0.15) is 17.3 Å². The van der Waals surface area contributed by atoms with Gasteiger partial charge in [0.15, 0.2) is 17.2 Å². The van der Waals surface area contributed by atoms with Crippen LogP contribution in [0.2, 0.25) is 0 Å². The highest BCUT2D eigenvalue weighted by Gasteiger charge is 2.40. The van der Waals surface area contributed by atoms with Gasteiger partial charge in [-0.25, -0.2) is 9.18 Å². The molecular formula is C32H34FNO5. The molecule has 1 aliphatic heterocycles. The zero-order valence-corrected chi connectivity index (χ0v) is 23.0. The van der Waals surface area contributed by atoms with Crippen LogP contribution >= 0.6 is 0 Å². The van der Waals surface area contributed by atoms with Crippen LogP contribution in [0.15, 0.2) is 66.7 Å². The number of likely N-dealkylation sites (tertiary alicyclic amines) is 1. The summed E-state index contributed by atoms with van der Waals surface area (Å²) in [6.07, 6.45) is 0.0355. The molecule has 1 heterocycles. The van der Waals surface area contributed by atoms with Crippen molar-refractivity contribution in [1.29, 1.82) is 0 Å². The molecule has 0 aromatic heterocycles. The Kier molecular flexibility index (Phi) is 8.19. The highest BCUT2D eigenvalue weighted by Crippen LogP contribution is 2.34. The Labute approximate surface area is 228 Å². The number of carbonyl (C=O) groups is 3. The maximum atomic E-state index is 13.5. The maximum Gasteiger partial charge on any atom is 0.415 e. The number of hydrogen-bond acceptors (Lipinski definition) is 5. The van der Waals surface area contributed by atoms with Gasteiger partial charge in [-0.3, -0.25) is 9.59 Å². The Balaban J connectivity index is 1.58. The third-order valence-electron chi connectivity index (χ3n) is 7.34. The quantitative estimate of drug-likeness (QED) is 0.316. The van der Waals surface area contributed by atoms with Gasteiger partial charge in [0.05, 0.1) is 0 Å². The lowest BCUT2D eigenvalue weighted by atomic mass is 9.84. The number of hydrogen-bond donors (Lipinski definition) is 0. The van der Waals surface area contributed by atoms with E-state index in [0.29, 0.717) is 30.0 Å². The van der Waals surface area contributed by atoms with Crippen molar-refractivity contribution in [3.8, 4) is 11.5 Å². The summed E-state index contributed by atoms with van der Waals surface area (Å²) in [6.45, 7) is 9.41. The normalized spacial score (nSPS) is 17.1. The molecule has 1 amide bonds. The Bertz CT molecular complexity index is 1340. The molecule has 3 aromatic carbocycles. The number of amides is 1. The van der Waals surface area contributed by atoms with Gasteiger partial charge in [-0.1, -0.05) is 30.3 Å². The van der Waals surface area contributed by atoms with Crippen LogP contribution in [0.5, 0.6) is 11.5 Å². The lowest BCUT2D eigenvalue weighted by molar-refractivity contribution is -0.129. The van der Waals surface area contributed by atoms with Crippen LogP contribution in [0.4, 0.5) is 9.18 Å². The fraction of sp³-hybridized carbons (Fsp3) is 0.344. The highest BCUT2D eigenvalue weighted by atomic mass is 19.1. The van der Waals surface area contributed by atoms with Crippen molar-refractivity contribution in [2.24, 2.45) is 11.8 Å². The second-order valence-corrected chi connectivity index (χ2v) is 10.8. The van der Waals surface area contributed by atoms with E-state index in [2.05, 4.69) is 0 Å². The number of aryl methyl sites for hydroxylation is 2. The van der Waals surface area contributed by atoms with Crippen molar-refractivity contribution < 1.29 is 28.2 Å². The highest BCUT2D eigenvalue weighted by molar-refractivity contribution is 5.98. The first-order valence-electron chi connectivity index (χ1n) is 13.1. The number of ketones is 2. The second-order valence-electron chi connectivity index (χ2n) is 10.8. The van der Waals surface area contributed by atoms with E-state index in [1.54, 1.807) is 43.0 Å². The number of halogens is 1. The minimum Gasteiger partial charge on any atom is -0.480 e. The molecule has 0 aliphatic carbocycles. The van der Waals surface area contributed by atoms with Gasteiger partial charge in [-0.15, -0.1) is 0 Å². The molecule has 3 aromatic rings. The SMILES string of the molecule is CC(=O)C(C)(C)Oc1c(C)cc(C[C@H]2CN(C(=O)Oc3ccccc3)C[C@@H]2C(=O)c2ccc(F)cc2)cc1C. The summed E-state index contributed by atoms with van der Waals surface area (Å²) < 4.78 is 25.1. The number of benzene rings is 3. The molecule has 6 nitrogen and oxygen atoms in total. The fourth-order valence-corrected chi connectivity index (χ4v) is 4.95. The summed E-state index contributed by atoms with van der Waals surface area (Å²) >= 11 is 0. The van der Waals surface area contributed by atoms with E-state index >= 15 is 0 Å². The molecule has 1 saturated heterocycles. The molecule has 0 spiro atoms. The molecule has 1 aliphatic rings. The van der Waals surface area contributed by atoms with Crippen LogP contribution < -0.4 is 9.47 Å². The average molecular weight is 532 g/mol. The van der Waals surface area contributed by atoms with Crippen molar-refractivity contribution in [3.05, 3.63) is 94.8 Å². The van der Waals surface area contributed by atoms with Gasteiger partial charge in [-0.2, -0.15) is 0 Å². The number of Topliss-reactive ketones (excluding diaryl/α,β-unsaturated/α-hetero) is 2. The first-order valence-corrected chi connectivity index (χ1v) is 13.1. The zero-order chi connectivity index (χ0) is 28.3.